The molecule has 8 heteroatoms. The van der Waals surface area contributed by atoms with Crippen molar-refractivity contribution in [2.75, 3.05) is 10.6 Å². The molecule has 1 amide bonds. The van der Waals surface area contributed by atoms with Crippen molar-refractivity contribution in [3.8, 4) is 0 Å². The van der Waals surface area contributed by atoms with Crippen molar-refractivity contribution in [2.24, 2.45) is 0 Å². The van der Waals surface area contributed by atoms with Crippen LogP contribution in [-0.2, 0) is 23.1 Å². The fraction of sp³-hybridized carbons (Fsp3) is 0.136. The van der Waals surface area contributed by atoms with Crippen LogP contribution in [0.3, 0.4) is 0 Å². The highest BCUT2D eigenvalue weighted by molar-refractivity contribution is 7.92. The van der Waals surface area contributed by atoms with Gasteiger partial charge in [-0.3, -0.25) is 9.10 Å². The van der Waals surface area contributed by atoms with E-state index in [4.69, 9.17) is 23.2 Å². The lowest BCUT2D eigenvalue weighted by Crippen LogP contribution is -2.29. The van der Waals surface area contributed by atoms with Crippen molar-refractivity contribution in [3.05, 3.63) is 99.5 Å². The Bertz CT molecular complexity index is 1150. The molecule has 30 heavy (non-hydrogen) atoms. The summed E-state index contributed by atoms with van der Waals surface area (Å²) in [7, 11) is -3.56. The number of rotatable bonds is 7. The van der Waals surface area contributed by atoms with Crippen molar-refractivity contribution in [2.45, 2.75) is 13.1 Å². The molecule has 0 aliphatic rings. The molecular weight excluding hydrogens is 443 g/mol. The summed E-state index contributed by atoms with van der Waals surface area (Å²) in [5, 5.41) is 3.88. The Kier molecular flexibility index (Phi) is 7.02. The lowest BCUT2D eigenvalue weighted by molar-refractivity contribution is 0.0951. The molecular formula is C22H20Cl2N2O3S. The number of nitrogens with one attached hydrogen (secondary N) is 1. The third kappa shape index (κ3) is 5.53. The van der Waals surface area contributed by atoms with E-state index in [0.29, 0.717) is 33.4 Å². The first-order chi connectivity index (χ1) is 14.3. The van der Waals surface area contributed by atoms with E-state index >= 15 is 0 Å². The second-order valence-corrected chi connectivity index (χ2v) is 9.40. The van der Waals surface area contributed by atoms with Crippen molar-refractivity contribution in [1.82, 2.24) is 5.32 Å². The summed E-state index contributed by atoms with van der Waals surface area (Å²) in [5.74, 6) is -0.279. The van der Waals surface area contributed by atoms with Crippen LogP contribution in [0.2, 0.25) is 10.0 Å². The standard InChI is InChI=1S/C22H20Cl2N2O3S/c1-30(28,29)26(15-18-7-3-5-9-21(18)24)19-12-10-16(11-13-19)22(27)25-14-17-6-2-4-8-20(17)23/h2-13H,14-15H2,1H3,(H,25,27). The lowest BCUT2D eigenvalue weighted by atomic mass is 10.1. The Balaban J connectivity index is 1.75. The van der Waals surface area contributed by atoms with Crippen LogP contribution in [0.4, 0.5) is 5.69 Å². The number of anilines is 1. The highest BCUT2D eigenvalue weighted by atomic mass is 35.5. The Morgan fingerprint density at radius 3 is 1.93 bits per heavy atom. The number of nitrogens with zero attached hydrogens (tertiary/aromatic N) is 1. The molecule has 0 heterocycles. The molecule has 5 nitrogen and oxygen atoms in total. The number of hydrogen-bond donors (Lipinski definition) is 1. The van der Waals surface area contributed by atoms with Crippen molar-refractivity contribution in [1.29, 1.82) is 0 Å². The van der Waals surface area contributed by atoms with E-state index in [-0.39, 0.29) is 12.5 Å². The molecule has 0 spiro atoms. The van der Waals surface area contributed by atoms with Gasteiger partial charge in [-0.1, -0.05) is 59.6 Å². The summed E-state index contributed by atoms with van der Waals surface area (Å²) < 4.78 is 25.9. The smallest absolute Gasteiger partial charge is 0.251 e. The van der Waals surface area contributed by atoms with Crippen LogP contribution in [0.15, 0.2) is 72.8 Å². The van der Waals surface area contributed by atoms with Crippen LogP contribution in [0, 0.1) is 0 Å². The molecule has 0 radical (unpaired) electrons. The molecule has 0 atom stereocenters. The SMILES string of the molecule is CS(=O)(=O)N(Cc1ccccc1Cl)c1ccc(C(=O)NCc2ccccc2Cl)cc1. The van der Waals surface area contributed by atoms with E-state index in [9.17, 15) is 13.2 Å². The van der Waals surface area contributed by atoms with Gasteiger partial charge in [-0.15, -0.1) is 0 Å². The van der Waals surface area contributed by atoms with E-state index in [2.05, 4.69) is 5.32 Å². The zero-order valence-electron chi connectivity index (χ0n) is 16.2. The first-order valence-electron chi connectivity index (χ1n) is 9.08. The fourth-order valence-electron chi connectivity index (χ4n) is 2.88. The van der Waals surface area contributed by atoms with Gasteiger partial charge in [0, 0.05) is 22.2 Å². The highest BCUT2D eigenvalue weighted by Gasteiger charge is 2.19. The topological polar surface area (TPSA) is 66.5 Å². The molecule has 0 aliphatic heterocycles. The van der Waals surface area contributed by atoms with Crippen molar-refractivity contribution in [3.63, 3.8) is 0 Å². The van der Waals surface area contributed by atoms with Gasteiger partial charge in [-0.05, 0) is 47.5 Å². The molecule has 0 aromatic heterocycles. The number of benzene rings is 3. The van der Waals surface area contributed by atoms with Crippen LogP contribution in [0.1, 0.15) is 21.5 Å². The number of sulfonamides is 1. The minimum absolute atomic E-state index is 0.0938. The zero-order chi connectivity index (χ0) is 21.7. The van der Waals surface area contributed by atoms with E-state index in [1.165, 1.54) is 4.31 Å². The first-order valence-corrected chi connectivity index (χ1v) is 11.7. The summed E-state index contributed by atoms with van der Waals surface area (Å²) in [6.45, 7) is 0.388. The van der Waals surface area contributed by atoms with Crippen molar-refractivity contribution < 1.29 is 13.2 Å². The average Bonchev–Trinajstić information content (AvgIpc) is 2.71. The third-order valence-electron chi connectivity index (χ3n) is 4.49. The minimum atomic E-state index is -3.56. The average molecular weight is 463 g/mol. The number of carbonyl (C=O) groups is 1. The maximum absolute atomic E-state index is 12.4. The third-order valence-corrected chi connectivity index (χ3v) is 6.36. The predicted octanol–water partition coefficient (Wildman–Crippen LogP) is 4.89. The molecule has 3 rings (SSSR count). The summed E-state index contributed by atoms with van der Waals surface area (Å²) >= 11 is 12.3. The van der Waals surface area contributed by atoms with E-state index < -0.39 is 10.0 Å². The van der Waals surface area contributed by atoms with Gasteiger partial charge in [0.05, 0.1) is 18.5 Å². The van der Waals surface area contributed by atoms with Gasteiger partial charge < -0.3 is 5.32 Å². The van der Waals surface area contributed by atoms with Crippen LogP contribution in [0.5, 0.6) is 0 Å². The first kappa shape index (κ1) is 22.2. The van der Waals surface area contributed by atoms with Gasteiger partial charge in [0.1, 0.15) is 0 Å². The van der Waals surface area contributed by atoms with Crippen LogP contribution in [0.25, 0.3) is 0 Å². The maximum atomic E-state index is 12.4. The lowest BCUT2D eigenvalue weighted by Gasteiger charge is -2.23. The molecule has 0 bridgehead atoms. The summed E-state index contributed by atoms with van der Waals surface area (Å²) in [6, 6.07) is 20.7. The number of hydrogen-bond acceptors (Lipinski definition) is 3. The molecule has 0 fully saturated rings. The normalized spacial score (nSPS) is 11.2. The quantitative estimate of drug-likeness (QED) is 0.543. The Labute approximate surface area is 186 Å². The van der Waals surface area contributed by atoms with E-state index in [1.54, 1.807) is 54.6 Å². The molecule has 156 valence electrons. The molecule has 3 aromatic carbocycles. The Morgan fingerprint density at radius 2 is 1.40 bits per heavy atom. The molecule has 0 aliphatic carbocycles. The van der Waals surface area contributed by atoms with Gasteiger partial charge in [0.15, 0.2) is 0 Å². The second kappa shape index (κ2) is 9.51. The van der Waals surface area contributed by atoms with Gasteiger partial charge in [0.25, 0.3) is 5.91 Å². The summed E-state index contributed by atoms with van der Waals surface area (Å²) in [6.07, 6.45) is 1.13. The van der Waals surface area contributed by atoms with Gasteiger partial charge >= 0.3 is 0 Å². The number of halogens is 2. The highest BCUT2D eigenvalue weighted by Crippen LogP contribution is 2.24. The van der Waals surface area contributed by atoms with Crippen LogP contribution in [-0.4, -0.2) is 20.6 Å². The Morgan fingerprint density at radius 1 is 0.867 bits per heavy atom. The summed E-state index contributed by atoms with van der Waals surface area (Å²) in [5.41, 5.74) is 2.36. The minimum Gasteiger partial charge on any atom is -0.348 e. The summed E-state index contributed by atoms with van der Waals surface area (Å²) in [4.78, 5) is 12.4. The van der Waals surface area contributed by atoms with E-state index in [0.717, 1.165) is 11.8 Å². The Hall–Kier alpha value is -2.54. The number of amides is 1. The van der Waals surface area contributed by atoms with Gasteiger partial charge in [-0.2, -0.15) is 0 Å². The maximum Gasteiger partial charge on any atom is 0.251 e. The predicted molar refractivity (Wildman–Crippen MR) is 122 cm³/mol. The molecule has 0 saturated heterocycles. The van der Waals surface area contributed by atoms with Gasteiger partial charge in [-0.25, -0.2) is 8.42 Å². The fourth-order valence-corrected chi connectivity index (χ4v) is 4.16. The zero-order valence-corrected chi connectivity index (χ0v) is 18.5. The van der Waals surface area contributed by atoms with Crippen molar-refractivity contribution >= 4 is 44.8 Å². The molecule has 1 N–H and O–H groups in total. The van der Waals surface area contributed by atoms with Gasteiger partial charge in [0.2, 0.25) is 10.0 Å². The van der Waals surface area contributed by atoms with Crippen LogP contribution < -0.4 is 9.62 Å². The molecule has 3 aromatic rings. The second-order valence-electron chi connectivity index (χ2n) is 6.68. The van der Waals surface area contributed by atoms with Crippen LogP contribution >= 0.6 is 23.2 Å². The number of carbonyl (C=O) groups excluding carboxylic acids is 1. The van der Waals surface area contributed by atoms with E-state index in [1.807, 2.05) is 18.2 Å². The monoisotopic (exact) mass is 462 g/mol. The largest absolute Gasteiger partial charge is 0.348 e. The molecule has 0 saturated carbocycles. The molecule has 0 unspecified atom stereocenters.